The van der Waals surface area contributed by atoms with Crippen molar-refractivity contribution in [1.29, 1.82) is 5.26 Å². The number of fused-ring (bicyclic) bond motifs is 1. The monoisotopic (exact) mass is 493 g/mol. The smallest absolute Gasteiger partial charge is 0.293 e. The molecule has 0 heterocycles. The molecule has 37 heavy (non-hydrogen) atoms. The molecule has 0 spiro atoms. The lowest BCUT2D eigenvalue weighted by Crippen LogP contribution is -2.14. The predicted octanol–water partition coefficient (Wildman–Crippen LogP) is 6.19. The highest BCUT2D eigenvalue weighted by Gasteiger charge is 2.18. The molecule has 0 radical (unpaired) electrons. The van der Waals surface area contributed by atoms with Crippen molar-refractivity contribution in [1.82, 2.24) is 0 Å². The number of rotatable bonds is 8. The summed E-state index contributed by atoms with van der Waals surface area (Å²) in [4.78, 5) is 23.6. The van der Waals surface area contributed by atoms with Crippen molar-refractivity contribution in [2.24, 2.45) is 0 Å². The molecule has 0 aromatic heterocycles. The van der Waals surface area contributed by atoms with Gasteiger partial charge in [0.15, 0.2) is 11.5 Å². The molecular formula is C29H23N3O5. The van der Waals surface area contributed by atoms with E-state index in [-0.39, 0.29) is 23.6 Å². The van der Waals surface area contributed by atoms with Gasteiger partial charge in [-0.2, -0.15) is 5.26 Å². The molecule has 184 valence electrons. The minimum absolute atomic E-state index is 0.00981. The molecule has 8 heteroatoms. The number of carbonyl (C=O) groups excluding carboxylic acids is 1. The average Bonchev–Trinajstić information content (AvgIpc) is 2.91. The molecule has 0 aliphatic heterocycles. The van der Waals surface area contributed by atoms with Crippen molar-refractivity contribution in [2.45, 2.75) is 13.5 Å². The van der Waals surface area contributed by atoms with Gasteiger partial charge in [-0.15, -0.1) is 0 Å². The third-order valence-corrected chi connectivity index (χ3v) is 5.73. The number of amides is 1. The Bertz CT molecular complexity index is 1560. The van der Waals surface area contributed by atoms with Crippen molar-refractivity contribution < 1.29 is 19.2 Å². The van der Waals surface area contributed by atoms with Gasteiger partial charge in [-0.25, -0.2) is 0 Å². The molecule has 4 aromatic carbocycles. The topological polar surface area (TPSA) is 114 Å². The number of hydrogen-bond acceptors (Lipinski definition) is 6. The Morgan fingerprint density at radius 1 is 1.05 bits per heavy atom. The summed E-state index contributed by atoms with van der Waals surface area (Å²) < 4.78 is 11.5. The van der Waals surface area contributed by atoms with Crippen LogP contribution in [-0.2, 0) is 11.4 Å². The van der Waals surface area contributed by atoms with Crippen LogP contribution in [0.1, 0.15) is 16.7 Å². The van der Waals surface area contributed by atoms with E-state index in [1.165, 1.54) is 25.3 Å². The quantitative estimate of drug-likeness (QED) is 0.135. The van der Waals surface area contributed by atoms with Crippen molar-refractivity contribution in [3.63, 3.8) is 0 Å². The van der Waals surface area contributed by atoms with Gasteiger partial charge in [0.1, 0.15) is 23.9 Å². The van der Waals surface area contributed by atoms with E-state index in [1.807, 2.05) is 48.5 Å². The zero-order chi connectivity index (χ0) is 26.4. The van der Waals surface area contributed by atoms with Crippen LogP contribution >= 0.6 is 0 Å². The van der Waals surface area contributed by atoms with E-state index in [4.69, 9.17) is 9.47 Å². The molecule has 0 aliphatic rings. The molecular weight excluding hydrogens is 470 g/mol. The number of anilines is 1. The summed E-state index contributed by atoms with van der Waals surface area (Å²) in [5.74, 6) is 0.176. The number of nitro benzene ring substituents is 1. The van der Waals surface area contributed by atoms with E-state index < -0.39 is 10.8 Å². The summed E-state index contributed by atoms with van der Waals surface area (Å²) in [6.45, 7) is 2.00. The molecule has 0 saturated heterocycles. The Morgan fingerprint density at radius 3 is 2.59 bits per heavy atom. The SMILES string of the molecule is COc1ccc(/C=C(\C#N)C(=O)Nc2ccc(C)cc2[N+](=O)[O-])cc1OCc1cccc2ccccc12. The van der Waals surface area contributed by atoms with Crippen LogP contribution in [0.25, 0.3) is 16.8 Å². The number of nitro groups is 1. The first-order chi connectivity index (χ1) is 17.9. The second-order valence-electron chi connectivity index (χ2n) is 8.24. The van der Waals surface area contributed by atoms with Gasteiger partial charge in [-0.3, -0.25) is 14.9 Å². The maximum absolute atomic E-state index is 12.8. The van der Waals surface area contributed by atoms with Gasteiger partial charge in [0.25, 0.3) is 11.6 Å². The number of ether oxygens (including phenoxy) is 2. The third kappa shape index (κ3) is 5.74. The van der Waals surface area contributed by atoms with E-state index in [9.17, 15) is 20.2 Å². The molecule has 4 rings (SSSR count). The first kappa shape index (κ1) is 24.9. The van der Waals surface area contributed by atoms with Crippen LogP contribution < -0.4 is 14.8 Å². The number of aryl methyl sites for hydroxylation is 1. The van der Waals surface area contributed by atoms with Crippen molar-refractivity contribution in [3.8, 4) is 17.6 Å². The van der Waals surface area contributed by atoms with E-state index in [2.05, 4.69) is 5.32 Å². The zero-order valence-electron chi connectivity index (χ0n) is 20.2. The van der Waals surface area contributed by atoms with Crippen LogP contribution in [0.5, 0.6) is 11.5 Å². The maximum atomic E-state index is 12.8. The van der Waals surface area contributed by atoms with Crippen LogP contribution in [0.4, 0.5) is 11.4 Å². The highest BCUT2D eigenvalue weighted by Crippen LogP contribution is 2.31. The van der Waals surface area contributed by atoms with E-state index in [0.717, 1.165) is 16.3 Å². The standard InChI is InChI=1S/C29H23N3O5/c1-19-10-12-25(26(14-19)32(34)35)31-29(33)23(17-30)15-20-11-13-27(36-2)28(16-20)37-18-22-8-5-7-21-6-3-4-9-24(21)22/h3-16H,18H2,1-2H3,(H,31,33)/b23-15+. The molecule has 0 saturated carbocycles. The molecule has 0 unspecified atom stereocenters. The predicted molar refractivity (Wildman–Crippen MR) is 141 cm³/mol. The number of carbonyl (C=O) groups is 1. The van der Waals surface area contributed by atoms with Gasteiger partial charge in [0, 0.05) is 6.07 Å². The minimum Gasteiger partial charge on any atom is -0.493 e. The molecule has 0 fully saturated rings. The van der Waals surface area contributed by atoms with Crippen LogP contribution in [0.15, 0.2) is 84.4 Å². The zero-order valence-corrected chi connectivity index (χ0v) is 20.2. The van der Waals surface area contributed by atoms with Gasteiger partial charge in [0.2, 0.25) is 0 Å². The molecule has 1 N–H and O–H groups in total. The fourth-order valence-electron chi connectivity index (χ4n) is 3.87. The van der Waals surface area contributed by atoms with Gasteiger partial charge in [-0.1, -0.05) is 54.6 Å². The number of nitriles is 1. The molecule has 8 nitrogen and oxygen atoms in total. The lowest BCUT2D eigenvalue weighted by molar-refractivity contribution is -0.384. The Balaban J connectivity index is 1.58. The van der Waals surface area contributed by atoms with Crippen LogP contribution in [0.3, 0.4) is 0 Å². The van der Waals surface area contributed by atoms with E-state index >= 15 is 0 Å². The summed E-state index contributed by atoms with van der Waals surface area (Å²) >= 11 is 0. The van der Waals surface area contributed by atoms with Gasteiger partial charge < -0.3 is 14.8 Å². The highest BCUT2D eigenvalue weighted by atomic mass is 16.6. The van der Waals surface area contributed by atoms with Crippen LogP contribution in [0, 0.1) is 28.4 Å². The first-order valence-corrected chi connectivity index (χ1v) is 11.3. The van der Waals surface area contributed by atoms with Crippen molar-refractivity contribution >= 4 is 34.1 Å². The average molecular weight is 494 g/mol. The van der Waals surface area contributed by atoms with Crippen LogP contribution in [-0.4, -0.2) is 17.9 Å². The largest absolute Gasteiger partial charge is 0.493 e. The molecule has 4 aromatic rings. The van der Waals surface area contributed by atoms with Crippen molar-refractivity contribution in [3.05, 3.63) is 111 Å². The van der Waals surface area contributed by atoms with Gasteiger partial charge in [-0.05, 0) is 58.7 Å². The summed E-state index contributed by atoms with van der Waals surface area (Å²) in [5.41, 5.74) is 1.74. The normalized spacial score (nSPS) is 11.0. The fourth-order valence-corrected chi connectivity index (χ4v) is 3.87. The minimum atomic E-state index is -0.761. The number of nitrogens with one attached hydrogen (secondary N) is 1. The Labute approximate surface area is 213 Å². The van der Waals surface area contributed by atoms with E-state index in [1.54, 1.807) is 31.2 Å². The lowest BCUT2D eigenvalue weighted by Gasteiger charge is -2.13. The van der Waals surface area contributed by atoms with Gasteiger partial charge in [0.05, 0.1) is 12.0 Å². The second kappa shape index (κ2) is 11.1. The maximum Gasteiger partial charge on any atom is 0.293 e. The van der Waals surface area contributed by atoms with E-state index in [0.29, 0.717) is 22.6 Å². The summed E-state index contributed by atoms with van der Waals surface area (Å²) in [6, 6.07) is 25.3. The van der Waals surface area contributed by atoms with Gasteiger partial charge >= 0.3 is 0 Å². The third-order valence-electron chi connectivity index (χ3n) is 5.73. The summed E-state index contributed by atoms with van der Waals surface area (Å²) in [6.07, 6.45) is 1.39. The van der Waals surface area contributed by atoms with Crippen molar-refractivity contribution in [2.75, 3.05) is 12.4 Å². The number of benzene rings is 4. The lowest BCUT2D eigenvalue weighted by atomic mass is 10.1. The molecule has 0 aliphatic carbocycles. The second-order valence-corrected chi connectivity index (χ2v) is 8.24. The Hall–Kier alpha value is -5.16. The molecule has 0 atom stereocenters. The number of hydrogen-bond donors (Lipinski definition) is 1. The van der Waals surface area contributed by atoms with Crippen LogP contribution in [0.2, 0.25) is 0 Å². The summed E-state index contributed by atoms with van der Waals surface area (Å²) in [7, 11) is 1.53. The first-order valence-electron chi connectivity index (χ1n) is 11.3. The fraction of sp³-hybridized carbons (Fsp3) is 0.103. The number of methoxy groups -OCH3 is 1. The number of nitrogens with zero attached hydrogens (tertiary/aromatic N) is 2. The summed E-state index contributed by atoms with van der Waals surface area (Å²) in [5, 5.41) is 25.6. The Kier molecular flexibility index (Phi) is 7.45. The highest BCUT2D eigenvalue weighted by molar-refractivity contribution is 6.10. The molecule has 1 amide bonds. The molecule has 0 bridgehead atoms. The Morgan fingerprint density at radius 2 is 1.84 bits per heavy atom.